The van der Waals surface area contributed by atoms with E-state index >= 15 is 0 Å². The molecule has 0 aliphatic carbocycles. The first-order valence-corrected chi connectivity index (χ1v) is 9.82. The number of nitro benzene ring substituents is 1. The molecule has 0 aliphatic heterocycles. The van der Waals surface area contributed by atoms with E-state index in [1.165, 1.54) is 34.6 Å². The summed E-state index contributed by atoms with van der Waals surface area (Å²) in [5.41, 5.74) is 2.90. The monoisotopic (exact) mass is 400 g/mol. The van der Waals surface area contributed by atoms with Gasteiger partial charge in [0.25, 0.3) is 11.6 Å². The van der Waals surface area contributed by atoms with Crippen molar-refractivity contribution in [2.45, 2.75) is 23.9 Å². The number of carbonyl (C=O) groups is 1. The van der Waals surface area contributed by atoms with Gasteiger partial charge in [0.1, 0.15) is 0 Å². The van der Waals surface area contributed by atoms with Gasteiger partial charge in [-0.25, -0.2) is 0 Å². The van der Waals surface area contributed by atoms with E-state index in [1.54, 1.807) is 24.8 Å². The van der Waals surface area contributed by atoms with E-state index in [9.17, 15) is 14.9 Å². The van der Waals surface area contributed by atoms with Crippen LogP contribution in [0.3, 0.4) is 0 Å². The summed E-state index contributed by atoms with van der Waals surface area (Å²) < 4.78 is 0.740. The van der Waals surface area contributed by atoms with E-state index in [-0.39, 0.29) is 11.3 Å². The molecule has 0 saturated carbocycles. The van der Waals surface area contributed by atoms with Crippen LogP contribution in [0, 0.1) is 24.0 Å². The second kappa shape index (κ2) is 8.28. The SMILES string of the molecule is Cc1ccccc1CSc1nnc(NC(=O)c2cccc([N+](=O)[O-])c2C)s1. The maximum Gasteiger partial charge on any atom is 0.273 e. The van der Waals surface area contributed by atoms with Gasteiger partial charge >= 0.3 is 0 Å². The first-order chi connectivity index (χ1) is 13.0. The summed E-state index contributed by atoms with van der Waals surface area (Å²) in [6.07, 6.45) is 0. The van der Waals surface area contributed by atoms with Gasteiger partial charge < -0.3 is 0 Å². The third-order valence-electron chi connectivity index (χ3n) is 3.99. The molecule has 0 aliphatic rings. The van der Waals surface area contributed by atoms with Gasteiger partial charge in [0, 0.05) is 22.9 Å². The molecule has 1 amide bonds. The van der Waals surface area contributed by atoms with Crippen molar-refractivity contribution in [2.24, 2.45) is 0 Å². The van der Waals surface area contributed by atoms with Crippen molar-refractivity contribution in [1.82, 2.24) is 10.2 Å². The smallest absolute Gasteiger partial charge is 0.273 e. The molecule has 0 atom stereocenters. The fourth-order valence-corrected chi connectivity index (χ4v) is 4.28. The Bertz CT molecular complexity index is 1000. The van der Waals surface area contributed by atoms with Crippen LogP contribution in [0.2, 0.25) is 0 Å². The van der Waals surface area contributed by atoms with E-state index in [0.717, 1.165) is 10.1 Å². The molecule has 0 radical (unpaired) electrons. The van der Waals surface area contributed by atoms with Crippen molar-refractivity contribution in [2.75, 3.05) is 5.32 Å². The van der Waals surface area contributed by atoms with E-state index in [1.807, 2.05) is 12.1 Å². The summed E-state index contributed by atoms with van der Waals surface area (Å²) in [5, 5.41) is 22.1. The third kappa shape index (κ3) is 4.50. The quantitative estimate of drug-likeness (QED) is 0.281. The van der Waals surface area contributed by atoms with Crippen LogP contribution in [-0.4, -0.2) is 21.0 Å². The van der Waals surface area contributed by atoms with Gasteiger partial charge in [-0.1, -0.05) is 53.4 Å². The Balaban J connectivity index is 1.67. The number of benzene rings is 2. The molecule has 3 aromatic rings. The Labute approximate surface area is 164 Å². The number of nitro groups is 1. The van der Waals surface area contributed by atoms with Gasteiger partial charge in [-0.05, 0) is 31.0 Å². The number of anilines is 1. The highest BCUT2D eigenvalue weighted by Crippen LogP contribution is 2.30. The van der Waals surface area contributed by atoms with E-state index in [0.29, 0.717) is 10.7 Å². The topological polar surface area (TPSA) is 98.0 Å². The van der Waals surface area contributed by atoms with E-state index in [4.69, 9.17) is 0 Å². The Morgan fingerprint density at radius 3 is 2.70 bits per heavy atom. The number of amides is 1. The molecule has 1 heterocycles. The summed E-state index contributed by atoms with van der Waals surface area (Å²) in [4.78, 5) is 23.0. The van der Waals surface area contributed by atoms with Crippen molar-refractivity contribution in [1.29, 1.82) is 0 Å². The minimum absolute atomic E-state index is 0.0885. The standard InChI is InChI=1S/C18H16N4O3S2/c1-11-6-3-4-7-13(11)10-26-18-21-20-17(27-18)19-16(23)14-8-5-9-15(12(14)2)22(24)25/h3-9H,10H2,1-2H3,(H,19,20,23). The van der Waals surface area contributed by atoms with Crippen LogP contribution >= 0.6 is 23.1 Å². The first-order valence-electron chi connectivity index (χ1n) is 8.02. The van der Waals surface area contributed by atoms with E-state index in [2.05, 4.69) is 34.6 Å². The zero-order valence-corrected chi connectivity index (χ0v) is 16.3. The molecule has 0 fully saturated rings. The highest BCUT2D eigenvalue weighted by Gasteiger charge is 2.19. The van der Waals surface area contributed by atoms with Gasteiger partial charge in [0.15, 0.2) is 4.34 Å². The van der Waals surface area contributed by atoms with Crippen molar-refractivity contribution >= 4 is 39.8 Å². The van der Waals surface area contributed by atoms with Crippen molar-refractivity contribution in [3.63, 3.8) is 0 Å². The van der Waals surface area contributed by atoms with Crippen LogP contribution in [0.25, 0.3) is 0 Å². The molecule has 0 spiro atoms. The van der Waals surface area contributed by atoms with Crippen LogP contribution in [-0.2, 0) is 5.75 Å². The molecule has 138 valence electrons. The average molecular weight is 400 g/mol. The molecule has 9 heteroatoms. The summed E-state index contributed by atoms with van der Waals surface area (Å²) in [6.45, 7) is 3.61. The first kappa shape index (κ1) is 19.0. The minimum atomic E-state index is -0.503. The lowest BCUT2D eigenvalue weighted by molar-refractivity contribution is -0.385. The minimum Gasteiger partial charge on any atom is -0.296 e. The highest BCUT2D eigenvalue weighted by atomic mass is 32.2. The molecule has 0 saturated heterocycles. The average Bonchev–Trinajstić information content (AvgIpc) is 3.08. The Kier molecular flexibility index (Phi) is 5.82. The number of aryl methyl sites for hydroxylation is 1. The van der Waals surface area contributed by atoms with Crippen LogP contribution < -0.4 is 5.32 Å². The van der Waals surface area contributed by atoms with Gasteiger partial charge in [-0.3, -0.25) is 20.2 Å². The third-order valence-corrected chi connectivity index (χ3v) is 6.01. The normalized spacial score (nSPS) is 10.6. The lowest BCUT2D eigenvalue weighted by Gasteiger charge is -2.05. The maximum atomic E-state index is 12.4. The predicted octanol–water partition coefficient (Wildman–Crippen LogP) is 4.61. The molecule has 0 bridgehead atoms. The van der Waals surface area contributed by atoms with Crippen LogP contribution in [0.15, 0.2) is 46.8 Å². The van der Waals surface area contributed by atoms with Crippen LogP contribution in [0.4, 0.5) is 10.8 Å². The lowest BCUT2D eigenvalue weighted by atomic mass is 10.1. The molecule has 1 N–H and O–H groups in total. The molecule has 0 unspecified atom stereocenters. The van der Waals surface area contributed by atoms with E-state index < -0.39 is 10.8 Å². The molecular weight excluding hydrogens is 384 g/mol. The lowest BCUT2D eigenvalue weighted by Crippen LogP contribution is -2.14. The second-order valence-corrected chi connectivity index (χ2v) is 7.95. The van der Waals surface area contributed by atoms with Gasteiger partial charge in [0.2, 0.25) is 5.13 Å². The van der Waals surface area contributed by atoms with Crippen LogP contribution in [0.5, 0.6) is 0 Å². The summed E-state index contributed by atoms with van der Waals surface area (Å²) in [6, 6.07) is 12.5. The molecule has 7 nitrogen and oxygen atoms in total. The molecular formula is C18H16N4O3S2. The number of hydrogen-bond donors (Lipinski definition) is 1. The zero-order chi connectivity index (χ0) is 19.4. The molecule has 1 aromatic heterocycles. The summed E-state index contributed by atoms with van der Waals surface area (Å²) in [5.74, 6) is 0.321. The highest BCUT2D eigenvalue weighted by molar-refractivity contribution is 8.00. The number of hydrogen-bond acceptors (Lipinski definition) is 7. The fraction of sp³-hybridized carbons (Fsp3) is 0.167. The number of thioether (sulfide) groups is 1. The van der Waals surface area contributed by atoms with Crippen molar-refractivity contribution < 1.29 is 9.72 Å². The van der Waals surface area contributed by atoms with Gasteiger partial charge in [-0.2, -0.15) is 0 Å². The Hall–Kier alpha value is -2.78. The number of rotatable bonds is 6. The molecule has 27 heavy (non-hydrogen) atoms. The predicted molar refractivity (Wildman–Crippen MR) is 106 cm³/mol. The van der Waals surface area contributed by atoms with Gasteiger partial charge in [0.05, 0.1) is 4.92 Å². The summed E-state index contributed by atoms with van der Waals surface area (Å²) >= 11 is 2.82. The largest absolute Gasteiger partial charge is 0.296 e. The molecule has 2 aromatic carbocycles. The zero-order valence-electron chi connectivity index (χ0n) is 14.6. The number of aromatic nitrogens is 2. The Morgan fingerprint density at radius 1 is 1.19 bits per heavy atom. The van der Waals surface area contributed by atoms with Crippen molar-refractivity contribution in [3.05, 3.63) is 74.8 Å². The fourth-order valence-electron chi connectivity index (χ4n) is 2.46. The number of nitrogens with zero attached hydrogens (tertiary/aromatic N) is 3. The van der Waals surface area contributed by atoms with Gasteiger partial charge in [-0.15, -0.1) is 10.2 Å². The number of carbonyl (C=O) groups excluding carboxylic acids is 1. The Morgan fingerprint density at radius 2 is 1.96 bits per heavy atom. The number of nitrogens with one attached hydrogen (secondary N) is 1. The summed E-state index contributed by atoms with van der Waals surface area (Å²) in [7, 11) is 0. The van der Waals surface area contributed by atoms with Crippen LogP contribution in [0.1, 0.15) is 27.0 Å². The molecule has 3 rings (SSSR count). The van der Waals surface area contributed by atoms with Crippen molar-refractivity contribution in [3.8, 4) is 0 Å². The second-order valence-electron chi connectivity index (χ2n) is 5.75. The maximum absolute atomic E-state index is 12.4.